The SMILES string of the molecule is CCc1nn(C)c2c1nc(N)n2-c1ccc(Cl)c(Cl)c1. The molecule has 0 atom stereocenters. The molecule has 0 aliphatic rings. The van der Waals surface area contributed by atoms with Crippen LogP contribution in [0, 0.1) is 0 Å². The average Bonchev–Trinajstić information content (AvgIpc) is 2.90. The van der Waals surface area contributed by atoms with Gasteiger partial charge in [-0.15, -0.1) is 0 Å². The minimum Gasteiger partial charge on any atom is -0.369 e. The molecule has 0 unspecified atom stereocenters. The van der Waals surface area contributed by atoms with Crippen molar-refractivity contribution >= 4 is 40.3 Å². The molecule has 5 nitrogen and oxygen atoms in total. The van der Waals surface area contributed by atoms with Gasteiger partial charge in [0.2, 0.25) is 5.95 Å². The Kier molecular flexibility index (Phi) is 3.11. The summed E-state index contributed by atoms with van der Waals surface area (Å²) < 4.78 is 3.60. The van der Waals surface area contributed by atoms with Gasteiger partial charge in [-0.25, -0.2) is 9.67 Å². The van der Waals surface area contributed by atoms with Gasteiger partial charge in [0.05, 0.1) is 21.4 Å². The molecular formula is C13H13Cl2N5. The molecule has 3 rings (SSSR count). The first-order valence-electron chi connectivity index (χ1n) is 6.18. The fraction of sp³-hybridized carbons (Fsp3) is 0.231. The maximum Gasteiger partial charge on any atom is 0.207 e. The molecule has 7 heteroatoms. The lowest BCUT2D eigenvalue weighted by atomic mass is 10.3. The number of aromatic nitrogens is 4. The largest absolute Gasteiger partial charge is 0.369 e. The summed E-state index contributed by atoms with van der Waals surface area (Å²) >= 11 is 12.0. The summed E-state index contributed by atoms with van der Waals surface area (Å²) in [5, 5.41) is 5.43. The minimum absolute atomic E-state index is 0.404. The number of nitrogens with zero attached hydrogens (tertiary/aromatic N) is 4. The Labute approximate surface area is 125 Å². The third-order valence-electron chi connectivity index (χ3n) is 3.23. The van der Waals surface area contributed by atoms with Crippen LogP contribution in [-0.2, 0) is 13.5 Å². The second-order valence-electron chi connectivity index (χ2n) is 4.50. The summed E-state index contributed by atoms with van der Waals surface area (Å²) in [7, 11) is 1.87. The summed E-state index contributed by atoms with van der Waals surface area (Å²) in [6, 6.07) is 5.35. The number of fused-ring (bicyclic) bond motifs is 1. The van der Waals surface area contributed by atoms with Crippen LogP contribution in [0.25, 0.3) is 16.9 Å². The normalized spacial score (nSPS) is 11.4. The van der Waals surface area contributed by atoms with Crippen LogP contribution in [0.5, 0.6) is 0 Å². The van der Waals surface area contributed by atoms with Crippen molar-refractivity contribution < 1.29 is 0 Å². The van der Waals surface area contributed by atoms with Gasteiger partial charge in [-0.2, -0.15) is 5.10 Å². The Morgan fingerprint density at radius 2 is 2.00 bits per heavy atom. The molecule has 0 bridgehead atoms. The second-order valence-corrected chi connectivity index (χ2v) is 5.31. The number of benzene rings is 1. The van der Waals surface area contributed by atoms with Gasteiger partial charge in [0.1, 0.15) is 5.52 Å². The van der Waals surface area contributed by atoms with E-state index in [1.165, 1.54) is 0 Å². The topological polar surface area (TPSA) is 61.7 Å². The van der Waals surface area contributed by atoms with Crippen molar-refractivity contribution in [1.29, 1.82) is 0 Å². The van der Waals surface area contributed by atoms with Crippen LogP contribution >= 0.6 is 23.2 Å². The predicted molar refractivity (Wildman–Crippen MR) is 81.6 cm³/mol. The van der Waals surface area contributed by atoms with Crippen molar-refractivity contribution in [1.82, 2.24) is 19.3 Å². The van der Waals surface area contributed by atoms with E-state index < -0.39 is 0 Å². The van der Waals surface area contributed by atoms with Crippen molar-refractivity contribution in [2.24, 2.45) is 7.05 Å². The summed E-state index contributed by atoms with van der Waals surface area (Å²) in [6.07, 6.45) is 0.801. The first-order valence-corrected chi connectivity index (χ1v) is 6.93. The van der Waals surface area contributed by atoms with Gasteiger partial charge in [-0.1, -0.05) is 30.1 Å². The summed E-state index contributed by atoms with van der Waals surface area (Å²) in [6.45, 7) is 2.04. The number of anilines is 1. The molecule has 0 amide bonds. The predicted octanol–water partition coefficient (Wildman–Crippen LogP) is 3.21. The van der Waals surface area contributed by atoms with Crippen LogP contribution < -0.4 is 5.73 Å². The van der Waals surface area contributed by atoms with E-state index in [2.05, 4.69) is 10.1 Å². The third kappa shape index (κ3) is 1.85. The zero-order valence-corrected chi connectivity index (χ0v) is 12.6. The monoisotopic (exact) mass is 309 g/mol. The molecule has 2 aromatic heterocycles. The molecule has 1 aromatic carbocycles. The first kappa shape index (κ1) is 13.3. The van der Waals surface area contributed by atoms with Crippen LogP contribution in [-0.4, -0.2) is 19.3 Å². The molecule has 0 saturated carbocycles. The highest BCUT2D eigenvalue weighted by Crippen LogP contribution is 2.29. The van der Waals surface area contributed by atoms with Gasteiger partial charge in [-0.05, 0) is 24.6 Å². The highest BCUT2D eigenvalue weighted by atomic mass is 35.5. The number of halogens is 2. The highest BCUT2D eigenvalue weighted by molar-refractivity contribution is 6.42. The lowest BCUT2D eigenvalue weighted by molar-refractivity contribution is 0.751. The van der Waals surface area contributed by atoms with Crippen LogP contribution in [0.3, 0.4) is 0 Å². The maximum atomic E-state index is 6.08. The Balaban J connectivity index is 2.32. The van der Waals surface area contributed by atoms with Crippen LogP contribution in [0.15, 0.2) is 18.2 Å². The van der Waals surface area contributed by atoms with E-state index >= 15 is 0 Å². The molecule has 0 aliphatic heterocycles. The number of imidazole rings is 1. The fourth-order valence-corrected chi connectivity index (χ4v) is 2.61. The van der Waals surface area contributed by atoms with Crippen LogP contribution in [0.2, 0.25) is 10.0 Å². The molecule has 0 aliphatic carbocycles. The van der Waals surface area contributed by atoms with Gasteiger partial charge in [0.15, 0.2) is 5.65 Å². The second kappa shape index (κ2) is 4.68. The van der Waals surface area contributed by atoms with E-state index in [-0.39, 0.29) is 0 Å². The van der Waals surface area contributed by atoms with Crippen LogP contribution in [0.1, 0.15) is 12.6 Å². The molecule has 0 radical (unpaired) electrons. The standard InChI is InChI=1S/C13H13Cl2N5/c1-3-10-11-12(19(2)18-10)20(13(16)17-11)7-4-5-8(14)9(15)6-7/h4-6H,3H2,1-2H3,(H2,16,17). The average molecular weight is 310 g/mol. The minimum atomic E-state index is 0.404. The quantitative estimate of drug-likeness (QED) is 0.790. The number of nitrogens with two attached hydrogens (primary N) is 1. The molecule has 20 heavy (non-hydrogen) atoms. The summed E-state index contributed by atoms with van der Waals surface area (Å²) in [5.41, 5.74) is 9.44. The van der Waals surface area contributed by atoms with E-state index in [1.807, 2.05) is 24.6 Å². The van der Waals surface area contributed by atoms with Crippen molar-refractivity contribution in [3.63, 3.8) is 0 Å². The van der Waals surface area contributed by atoms with Crippen molar-refractivity contribution in [2.75, 3.05) is 5.73 Å². The molecule has 0 fully saturated rings. The Bertz CT molecular complexity index is 803. The van der Waals surface area contributed by atoms with E-state index in [0.717, 1.165) is 29.0 Å². The van der Waals surface area contributed by atoms with Gasteiger partial charge in [-0.3, -0.25) is 4.57 Å². The number of nitrogen functional groups attached to an aromatic ring is 1. The van der Waals surface area contributed by atoms with Gasteiger partial charge < -0.3 is 5.73 Å². The molecule has 2 heterocycles. The first-order chi connectivity index (χ1) is 9.52. The zero-order valence-electron chi connectivity index (χ0n) is 11.1. The molecule has 0 saturated heterocycles. The molecule has 104 valence electrons. The van der Waals surface area contributed by atoms with E-state index in [1.54, 1.807) is 16.8 Å². The summed E-state index contributed by atoms with van der Waals surface area (Å²) in [4.78, 5) is 4.41. The number of hydrogen-bond acceptors (Lipinski definition) is 3. The Morgan fingerprint density at radius 1 is 1.25 bits per heavy atom. The highest BCUT2D eigenvalue weighted by Gasteiger charge is 2.18. The smallest absolute Gasteiger partial charge is 0.207 e. The van der Waals surface area contributed by atoms with Crippen molar-refractivity contribution in [3.05, 3.63) is 33.9 Å². The third-order valence-corrected chi connectivity index (χ3v) is 3.96. The van der Waals surface area contributed by atoms with Gasteiger partial charge in [0.25, 0.3) is 0 Å². The Hall–Kier alpha value is -1.72. The van der Waals surface area contributed by atoms with Gasteiger partial charge >= 0.3 is 0 Å². The maximum absolute atomic E-state index is 6.08. The van der Waals surface area contributed by atoms with E-state index in [9.17, 15) is 0 Å². The molecule has 3 aromatic rings. The molecular weight excluding hydrogens is 297 g/mol. The number of hydrogen-bond donors (Lipinski definition) is 1. The Morgan fingerprint density at radius 3 is 2.65 bits per heavy atom. The van der Waals surface area contributed by atoms with Crippen molar-refractivity contribution in [3.8, 4) is 5.69 Å². The number of aryl methyl sites for hydroxylation is 2. The van der Waals surface area contributed by atoms with Gasteiger partial charge in [0, 0.05) is 7.05 Å². The molecule has 0 spiro atoms. The van der Waals surface area contributed by atoms with Crippen molar-refractivity contribution in [2.45, 2.75) is 13.3 Å². The van der Waals surface area contributed by atoms with E-state index in [0.29, 0.717) is 16.0 Å². The molecule has 2 N–H and O–H groups in total. The lowest BCUT2D eigenvalue weighted by Gasteiger charge is -2.08. The van der Waals surface area contributed by atoms with Crippen LogP contribution in [0.4, 0.5) is 5.95 Å². The fourth-order valence-electron chi connectivity index (χ4n) is 2.31. The summed E-state index contributed by atoms with van der Waals surface area (Å²) in [5.74, 6) is 0.404. The lowest BCUT2D eigenvalue weighted by Crippen LogP contribution is -2.05. The van der Waals surface area contributed by atoms with E-state index in [4.69, 9.17) is 28.9 Å². The zero-order chi connectivity index (χ0) is 14.4. The number of rotatable bonds is 2.